The third-order valence-electron chi connectivity index (χ3n) is 1.55. The van der Waals surface area contributed by atoms with Crippen LogP contribution in [0, 0.1) is 6.92 Å². The molecule has 0 saturated carbocycles. The van der Waals surface area contributed by atoms with Crippen LogP contribution in [0.2, 0.25) is 0 Å². The fourth-order valence-corrected chi connectivity index (χ4v) is 2.08. The van der Waals surface area contributed by atoms with Gasteiger partial charge in [0.05, 0.1) is 11.2 Å². The molecule has 16 heavy (non-hydrogen) atoms. The standard InChI is InChI=1S/C8H10O6S2/c1-7-3-5-8(6-4-7)16(11,12)14-13-15(2,9)10/h3-6H,1-2H3. The molecule has 0 aliphatic heterocycles. The molecule has 8 heteroatoms. The highest BCUT2D eigenvalue weighted by Crippen LogP contribution is 2.14. The molecule has 1 rings (SSSR count). The van der Waals surface area contributed by atoms with Crippen molar-refractivity contribution in [3.63, 3.8) is 0 Å². The van der Waals surface area contributed by atoms with Gasteiger partial charge in [0.1, 0.15) is 0 Å². The Balaban J connectivity index is 2.91. The van der Waals surface area contributed by atoms with E-state index in [9.17, 15) is 16.8 Å². The van der Waals surface area contributed by atoms with Gasteiger partial charge in [-0.25, -0.2) is 0 Å². The Bertz CT molecular complexity index is 555. The molecule has 0 aliphatic carbocycles. The first kappa shape index (κ1) is 13.1. The van der Waals surface area contributed by atoms with Gasteiger partial charge in [-0.3, -0.25) is 0 Å². The van der Waals surface area contributed by atoms with Gasteiger partial charge in [0, 0.05) is 0 Å². The van der Waals surface area contributed by atoms with E-state index in [4.69, 9.17) is 0 Å². The van der Waals surface area contributed by atoms with E-state index in [1.807, 2.05) is 0 Å². The van der Waals surface area contributed by atoms with Crippen molar-refractivity contribution < 1.29 is 25.5 Å². The van der Waals surface area contributed by atoms with Crippen molar-refractivity contribution >= 4 is 20.2 Å². The van der Waals surface area contributed by atoms with E-state index in [1.54, 1.807) is 19.1 Å². The van der Waals surface area contributed by atoms with Crippen LogP contribution in [0.15, 0.2) is 29.2 Å². The normalized spacial score (nSPS) is 12.6. The highest BCUT2D eigenvalue weighted by Gasteiger charge is 2.19. The second-order valence-electron chi connectivity index (χ2n) is 3.11. The summed E-state index contributed by atoms with van der Waals surface area (Å²) in [5.41, 5.74) is 0.864. The largest absolute Gasteiger partial charge is 0.324 e. The van der Waals surface area contributed by atoms with Gasteiger partial charge < -0.3 is 0 Å². The molecule has 1 aromatic carbocycles. The lowest BCUT2D eigenvalue weighted by atomic mass is 10.2. The summed E-state index contributed by atoms with van der Waals surface area (Å²) in [5, 5.41) is 0. The van der Waals surface area contributed by atoms with Crippen molar-refractivity contribution in [1.29, 1.82) is 0 Å². The Morgan fingerprint density at radius 2 is 1.44 bits per heavy atom. The van der Waals surface area contributed by atoms with E-state index in [-0.39, 0.29) is 4.90 Å². The lowest BCUT2D eigenvalue weighted by Gasteiger charge is -2.02. The fraction of sp³-hybridized carbons (Fsp3) is 0.250. The van der Waals surface area contributed by atoms with Crippen LogP contribution in [0.25, 0.3) is 0 Å². The second-order valence-corrected chi connectivity index (χ2v) is 6.17. The van der Waals surface area contributed by atoms with E-state index in [0.29, 0.717) is 6.26 Å². The summed E-state index contributed by atoms with van der Waals surface area (Å²) < 4.78 is 51.5. The van der Waals surface area contributed by atoms with Crippen LogP contribution >= 0.6 is 0 Å². The van der Waals surface area contributed by atoms with Crippen LogP contribution in [0.1, 0.15) is 5.56 Å². The lowest BCUT2D eigenvalue weighted by Crippen LogP contribution is -2.11. The summed E-state index contributed by atoms with van der Waals surface area (Å²) >= 11 is 0. The van der Waals surface area contributed by atoms with Gasteiger partial charge in [0.25, 0.3) is 10.1 Å². The molecule has 0 spiro atoms. The first-order valence-electron chi connectivity index (χ1n) is 4.10. The summed E-state index contributed by atoms with van der Waals surface area (Å²) in [7, 11) is -8.19. The summed E-state index contributed by atoms with van der Waals surface area (Å²) in [5.74, 6) is 0. The van der Waals surface area contributed by atoms with Crippen molar-refractivity contribution in [3.8, 4) is 0 Å². The first-order chi connectivity index (χ1) is 7.21. The van der Waals surface area contributed by atoms with Gasteiger partial charge in [-0.05, 0) is 19.1 Å². The molecule has 0 fully saturated rings. The predicted octanol–water partition coefficient (Wildman–Crippen LogP) is 0.592. The van der Waals surface area contributed by atoms with Crippen molar-refractivity contribution in [3.05, 3.63) is 29.8 Å². The molecule has 0 saturated heterocycles. The van der Waals surface area contributed by atoms with Gasteiger partial charge in [0.2, 0.25) is 0 Å². The average Bonchev–Trinajstić information content (AvgIpc) is 2.15. The van der Waals surface area contributed by atoms with Gasteiger partial charge in [0.15, 0.2) is 0 Å². The topological polar surface area (TPSA) is 86.7 Å². The maximum absolute atomic E-state index is 11.4. The van der Waals surface area contributed by atoms with Gasteiger partial charge in [-0.2, -0.15) is 16.8 Å². The Hall–Kier alpha value is -0.960. The van der Waals surface area contributed by atoms with Crippen LogP contribution in [0.3, 0.4) is 0 Å². The van der Waals surface area contributed by atoms with Crippen molar-refractivity contribution in [2.24, 2.45) is 0 Å². The second kappa shape index (κ2) is 4.50. The Labute approximate surface area is 94.0 Å². The zero-order chi connectivity index (χ0) is 12.4. The van der Waals surface area contributed by atoms with Gasteiger partial charge >= 0.3 is 10.1 Å². The number of rotatable bonds is 4. The van der Waals surface area contributed by atoms with Crippen LogP contribution in [0.5, 0.6) is 0 Å². The molecule has 0 atom stereocenters. The van der Waals surface area contributed by atoms with Crippen LogP contribution < -0.4 is 0 Å². The lowest BCUT2D eigenvalue weighted by molar-refractivity contribution is -0.0841. The Morgan fingerprint density at radius 1 is 0.938 bits per heavy atom. The molecular formula is C8H10O6S2. The van der Waals surface area contributed by atoms with Crippen LogP contribution in [0.4, 0.5) is 0 Å². The van der Waals surface area contributed by atoms with E-state index < -0.39 is 20.2 Å². The third-order valence-corrected chi connectivity index (χ3v) is 3.05. The summed E-state index contributed by atoms with van der Waals surface area (Å²) in [6.07, 6.45) is 0.678. The number of hydrogen-bond acceptors (Lipinski definition) is 6. The molecule has 0 aliphatic rings. The van der Waals surface area contributed by atoms with E-state index in [0.717, 1.165) is 5.56 Å². The van der Waals surface area contributed by atoms with Crippen molar-refractivity contribution in [1.82, 2.24) is 0 Å². The van der Waals surface area contributed by atoms with E-state index in [2.05, 4.69) is 8.67 Å². The SMILES string of the molecule is Cc1ccc(S(=O)(=O)OOS(C)(=O)=O)cc1. The molecule has 0 heterocycles. The average molecular weight is 266 g/mol. The molecule has 0 radical (unpaired) electrons. The highest BCUT2D eigenvalue weighted by molar-refractivity contribution is 7.88. The van der Waals surface area contributed by atoms with Crippen molar-refractivity contribution in [2.75, 3.05) is 6.26 Å². The zero-order valence-corrected chi connectivity index (χ0v) is 10.2. The minimum atomic E-state index is -4.21. The molecule has 1 aromatic rings. The molecular weight excluding hydrogens is 256 g/mol. The Kier molecular flexibility index (Phi) is 3.68. The van der Waals surface area contributed by atoms with E-state index in [1.165, 1.54) is 12.1 Å². The Morgan fingerprint density at radius 3 is 1.88 bits per heavy atom. The molecule has 0 amide bonds. The molecule has 90 valence electrons. The minimum Gasteiger partial charge on any atom is -0.197 e. The molecule has 0 unspecified atom stereocenters. The predicted molar refractivity (Wildman–Crippen MR) is 55.4 cm³/mol. The summed E-state index contributed by atoms with van der Waals surface area (Å²) in [4.78, 5) is -0.179. The molecule has 0 aromatic heterocycles. The minimum absolute atomic E-state index is 0.179. The van der Waals surface area contributed by atoms with Crippen molar-refractivity contribution in [2.45, 2.75) is 11.8 Å². The van der Waals surface area contributed by atoms with Gasteiger partial charge in [-0.1, -0.05) is 26.4 Å². The van der Waals surface area contributed by atoms with Crippen LogP contribution in [-0.4, -0.2) is 23.1 Å². The molecule has 0 N–H and O–H groups in total. The quantitative estimate of drug-likeness (QED) is 0.585. The monoisotopic (exact) mass is 266 g/mol. The van der Waals surface area contributed by atoms with E-state index >= 15 is 0 Å². The zero-order valence-electron chi connectivity index (χ0n) is 8.58. The summed E-state index contributed by atoms with van der Waals surface area (Å²) in [6.45, 7) is 1.78. The maximum Gasteiger partial charge on any atom is 0.324 e. The molecule has 6 nitrogen and oxygen atoms in total. The number of benzene rings is 1. The van der Waals surface area contributed by atoms with Gasteiger partial charge in [-0.15, -0.1) is 0 Å². The fourth-order valence-electron chi connectivity index (χ4n) is 0.831. The number of hydrogen-bond donors (Lipinski definition) is 0. The van der Waals surface area contributed by atoms with Crippen LogP contribution in [-0.2, 0) is 28.9 Å². The first-order valence-corrected chi connectivity index (χ1v) is 7.33. The third kappa shape index (κ3) is 3.89. The number of aryl methyl sites for hydroxylation is 1. The highest BCUT2D eigenvalue weighted by atomic mass is 32.2. The summed E-state index contributed by atoms with van der Waals surface area (Å²) in [6, 6.07) is 5.68. The molecule has 0 bridgehead atoms. The maximum atomic E-state index is 11.4. The smallest absolute Gasteiger partial charge is 0.197 e.